The monoisotopic (exact) mass is 399 g/mol. The van der Waals surface area contributed by atoms with Crippen molar-refractivity contribution in [2.75, 3.05) is 0 Å². The highest BCUT2D eigenvalue weighted by molar-refractivity contribution is 6.21. The molecule has 2 amide bonds. The molecule has 3 aliphatic rings. The van der Waals surface area contributed by atoms with Gasteiger partial charge in [0.1, 0.15) is 0 Å². The van der Waals surface area contributed by atoms with Gasteiger partial charge in [0.15, 0.2) is 0 Å². The molecular weight excluding hydrogens is 370 g/mol. The molecular formula is C20H30ClNO5. The van der Waals surface area contributed by atoms with E-state index in [0.29, 0.717) is 18.4 Å². The van der Waals surface area contributed by atoms with Crippen LogP contribution in [-0.4, -0.2) is 50.8 Å². The molecule has 3 fully saturated rings. The van der Waals surface area contributed by atoms with Gasteiger partial charge in [-0.05, 0) is 47.5 Å². The van der Waals surface area contributed by atoms with Crippen molar-refractivity contribution in [2.45, 2.75) is 70.1 Å². The van der Waals surface area contributed by atoms with Crippen LogP contribution in [0.4, 0.5) is 0 Å². The van der Waals surface area contributed by atoms with Gasteiger partial charge >= 0.3 is 0 Å². The lowest BCUT2D eigenvalue weighted by molar-refractivity contribution is -0.145. The summed E-state index contributed by atoms with van der Waals surface area (Å²) >= 11 is 6.50. The van der Waals surface area contributed by atoms with Gasteiger partial charge in [0.05, 0.1) is 29.6 Å². The number of rotatable bonds is 3. The number of amides is 2. The number of carbonyl (C=O) groups excluding carboxylic acids is 2. The second-order valence-corrected chi connectivity index (χ2v) is 10.0. The van der Waals surface area contributed by atoms with Gasteiger partial charge in [-0.3, -0.25) is 14.9 Å². The predicted octanol–water partition coefficient (Wildman–Crippen LogP) is 1.36. The van der Waals surface area contributed by atoms with Gasteiger partial charge in [-0.1, -0.05) is 27.4 Å². The van der Waals surface area contributed by atoms with E-state index in [1.807, 2.05) is 13.8 Å². The van der Waals surface area contributed by atoms with E-state index in [2.05, 4.69) is 18.8 Å². The first-order valence-electron chi connectivity index (χ1n) is 9.60. The van der Waals surface area contributed by atoms with Gasteiger partial charge in [-0.15, -0.1) is 11.6 Å². The van der Waals surface area contributed by atoms with E-state index < -0.39 is 40.9 Å². The Labute approximate surface area is 165 Å². The van der Waals surface area contributed by atoms with E-state index >= 15 is 0 Å². The number of alkyl halides is 1. The van der Waals surface area contributed by atoms with E-state index in [-0.39, 0.29) is 36.0 Å². The quantitative estimate of drug-likeness (QED) is 0.325. The van der Waals surface area contributed by atoms with Gasteiger partial charge in [-0.25, -0.2) is 0 Å². The highest BCUT2D eigenvalue weighted by Crippen LogP contribution is 2.62. The van der Waals surface area contributed by atoms with Crippen LogP contribution in [0.3, 0.4) is 0 Å². The Kier molecular flexibility index (Phi) is 5.26. The number of halogens is 1. The lowest BCUT2D eigenvalue weighted by Gasteiger charge is -2.61. The summed E-state index contributed by atoms with van der Waals surface area (Å²) < 4.78 is 0. The molecule has 7 heteroatoms. The summed E-state index contributed by atoms with van der Waals surface area (Å²) in [6, 6.07) is 0. The van der Waals surface area contributed by atoms with Crippen molar-refractivity contribution < 1.29 is 24.9 Å². The summed E-state index contributed by atoms with van der Waals surface area (Å²) in [7, 11) is 0. The molecule has 152 valence electrons. The third-order valence-electron chi connectivity index (χ3n) is 7.51. The summed E-state index contributed by atoms with van der Waals surface area (Å²) in [5, 5.41) is 33.8. The smallest absolute Gasteiger partial charge is 0.232 e. The van der Waals surface area contributed by atoms with Crippen LogP contribution in [0.1, 0.15) is 46.5 Å². The minimum Gasteiger partial charge on any atom is -0.392 e. The topological polar surface area (TPSA) is 107 Å². The molecule has 2 aliphatic carbocycles. The maximum atomic E-state index is 12.0. The standard InChI is InChI=1S/C20H30ClNO5/c1-9-11(6-14(24)10-5-16(25)22-18(10)27)20(4)8-12(21)17(26)19(2,3)15(20)7-13(9)23/h10-15,17,23-24,26H,1,5-8H2,2-4H3,(H,22,25,27)/t10?,11-,12?,13-,14-,15?,17-,20+/m0/s1. The molecule has 8 atom stereocenters. The van der Waals surface area contributed by atoms with Gasteiger partial charge in [-0.2, -0.15) is 0 Å². The molecule has 2 saturated carbocycles. The summed E-state index contributed by atoms with van der Waals surface area (Å²) in [6.07, 6.45) is -1.23. The fourth-order valence-corrected chi connectivity index (χ4v) is 6.55. The Morgan fingerprint density at radius 2 is 1.93 bits per heavy atom. The minimum atomic E-state index is -1.01. The molecule has 0 aromatic heterocycles. The summed E-state index contributed by atoms with van der Waals surface area (Å²) in [5.41, 5.74) is -0.259. The molecule has 4 N–H and O–H groups in total. The second kappa shape index (κ2) is 6.83. The van der Waals surface area contributed by atoms with Gasteiger partial charge in [0.25, 0.3) is 0 Å². The molecule has 0 radical (unpaired) electrons. The SMILES string of the molecule is C=C1[C@@H](O)CC2C(C)(C)[C@@H](O)C(Cl)C[C@]2(C)[C@H]1C[C@H](O)C1CC(=O)NC1=O. The van der Waals surface area contributed by atoms with Crippen LogP contribution in [0, 0.1) is 28.6 Å². The summed E-state index contributed by atoms with van der Waals surface area (Å²) in [5.74, 6) is -1.89. The lowest BCUT2D eigenvalue weighted by atomic mass is 9.45. The number of hydrogen-bond acceptors (Lipinski definition) is 5. The zero-order valence-electron chi connectivity index (χ0n) is 16.1. The molecule has 27 heavy (non-hydrogen) atoms. The van der Waals surface area contributed by atoms with Crippen LogP contribution >= 0.6 is 11.6 Å². The number of fused-ring (bicyclic) bond motifs is 1. The third-order valence-corrected chi connectivity index (χ3v) is 7.90. The summed E-state index contributed by atoms with van der Waals surface area (Å²) in [4.78, 5) is 23.4. The molecule has 3 unspecified atom stereocenters. The first-order valence-corrected chi connectivity index (χ1v) is 10.0. The number of carbonyl (C=O) groups is 2. The number of imide groups is 1. The van der Waals surface area contributed by atoms with Crippen molar-refractivity contribution >= 4 is 23.4 Å². The average Bonchev–Trinajstić information content (AvgIpc) is 2.91. The Balaban J connectivity index is 1.91. The Morgan fingerprint density at radius 3 is 2.48 bits per heavy atom. The zero-order valence-corrected chi connectivity index (χ0v) is 16.9. The van der Waals surface area contributed by atoms with E-state index in [1.165, 1.54) is 0 Å². The number of nitrogens with one attached hydrogen (secondary N) is 1. The maximum Gasteiger partial charge on any atom is 0.232 e. The molecule has 0 spiro atoms. The molecule has 1 aliphatic heterocycles. The fraction of sp³-hybridized carbons (Fsp3) is 0.800. The molecule has 3 rings (SSSR count). The maximum absolute atomic E-state index is 12.0. The lowest BCUT2D eigenvalue weighted by Crippen LogP contribution is -2.61. The van der Waals surface area contributed by atoms with Crippen LogP contribution in [0.5, 0.6) is 0 Å². The van der Waals surface area contributed by atoms with E-state index in [0.717, 1.165) is 0 Å². The van der Waals surface area contributed by atoms with Crippen LogP contribution in [-0.2, 0) is 9.59 Å². The summed E-state index contributed by atoms with van der Waals surface area (Å²) in [6.45, 7) is 10.1. The average molecular weight is 400 g/mol. The molecule has 0 aromatic carbocycles. The number of aliphatic hydroxyl groups excluding tert-OH is 3. The molecule has 1 saturated heterocycles. The molecule has 6 nitrogen and oxygen atoms in total. The highest BCUT2D eigenvalue weighted by Gasteiger charge is 2.60. The highest BCUT2D eigenvalue weighted by atomic mass is 35.5. The minimum absolute atomic E-state index is 0.0215. The van der Waals surface area contributed by atoms with Crippen molar-refractivity contribution in [3.63, 3.8) is 0 Å². The van der Waals surface area contributed by atoms with Crippen LogP contribution in [0.25, 0.3) is 0 Å². The largest absolute Gasteiger partial charge is 0.392 e. The van der Waals surface area contributed by atoms with Gasteiger partial charge < -0.3 is 15.3 Å². The first kappa shape index (κ1) is 20.8. The van der Waals surface area contributed by atoms with Crippen molar-refractivity contribution in [1.29, 1.82) is 0 Å². The van der Waals surface area contributed by atoms with Crippen LogP contribution in [0.15, 0.2) is 12.2 Å². The van der Waals surface area contributed by atoms with Gasteiger partial charge in [0, 0.05) is 6.42 Å². The fourth-order valence-electron chi connectivity index (χ4n) is 5.90. The van der Waals surface area contributed by atoms with Crippen molar-refractivity contribution in [2.24, 2.45) is 28.6 Å². The van der Waals surface area contributed by atoms with Crippen LogP contribution < -0.4 is 5.32 Å². The molecule has 0 aromatic rings. The van der Waals surface area contributed by atoms with E-state index in [1.54, 1.807) is 0 Å². The zero-order chi connectivity index (χ0) is 20.3. The number of aliphatic hydroxyl groups is 3. The number of hydrogen-bond donors (Lipinski definition) is 4. The normalized spacial score (nSPS) is 45.4. The van der Waals surface area contributed by atoms with Gasteiger partial charge in [0.2, 0.25) is 11.8 Å². The Morgan fingerprint density at radius 1 is 1.30 bits per heavy atom. The molecule has 1 heterocycles. The second-order valence-electron chi connectivity index (χ2n) is 9.45. The van der Waals surface area contributed by atoms with Crippen molar-refractivity contribution in [1.82, 2.24) is 5.32 Å². The van der Waals surface area contributed by atoms with E-state index in [4.69, 9.17) is 11.6 Å². The van der Waals surface area contributed by atoms with Crippen LogP contribution in [0.2, 0.25) is 0 Å². The predicted molar refractivity (Wildman–Crippen MR) is 101 cm³/mol. The first-order chi connectivity index (χ1) is 12.4. The molecule has 0 bridgehead atoms. The Bertz CT molecular complexity index is 665. The Hall–Kier alpha value is -0.950. The van der Waals surface area contributed by atoms with Crippen molar-refractivity contribution in [3.8, 4) is 0 Å². The van der Waals surface area contributed by atoms with Crippen molar-refractivity contribution in [3.05, 3.63) is 12.2 Å². The third kappa shape index (κ3) is 3.24. The van der Waals surface area contributed by atoms with E-state index in [9.17, 15) is 24.9 Å².